The van der Waals surface area contributed by atoms with Crippen LogP contribution >= 0.6 is 0 Å². The second kappa shape index (κ2) is 5.36. The monoisotopic (exact) mass is 258 g/mol. The fourth-order valence-corrected chi connectivity index (χ4v) is 1.99. The van der Waals surface area contributed by atoms with Gasteiger partial charge in [0.2, 0.25) is 0 Å². The number of hydrogen-bond donors (Lipinski definition) is 1. The van der Waals surface area contributed by atoms with Gasteiger partial charge in [0.25, 0.3) is 5.56 Å². The first-order chi connectivity index (χ1) is 9.00. The number of benzene rings is 1. The van der Waals surface area contributed by atoms with E-state index >= 15 is 0 Å². The molecular formula is C15H18N2O2. The average molecular weight is 258 g/mol. The highest BCUT2D eigenvalue weighted by Crippen LogP contribution is 2.25. The first kappa shape index (κ1) is 13.5. The largest absolute Gasteiger partial charge is 0.389 e. The van der Waals surface area contributed by atoms with Gasteiger partial charge in [0.05, 0.1) is 17.8 Å². The molecule has 1 aromatic heterocycles. The second-order valence-corrected chi connectivity index (χ2v) is 4.87. The van der Waals surface area contributed by atoms with Crippen molar-refractivity contribution >= 4 is 0 Å². The van der Waals surface area contributed by atoms with E-state index in [0.29, 0.717) is 11.3 Å². The van der Waals surface area contributed by atoms with Crippen LogP contribution in [0.2, 0.25) is 0 Å². The van der Waals surface area contributed by atoms with Crippen LogP contribution in [-0.2, 0) is 0 Å². The predicted molar refractivity (Wildman–Crippen MR) is 75.0 cm³/mol. The Balaban J connectivity index is 2.70. The Morgan fingerprint density at radius 2 is 1.79 bits per heavy atom. The smallest absolute Gasteiger partial charge is 0.267 e. The van der Waals surface area contributed by atoms with Crippen molar-refractivity contribution in [2.75, 3.05) is 0 Å². The van der Waals surface area contributed by atoms with E-state index in [2.05, 4.69) is 5.10 Å². The molecule has 1 atom stereocenters. The summed E-state index contributed by atoms with van der Waals surface area (Å²) in [5.41, 5.74) is 1.93. The summed E-state index contributed by atoms with van der Waals surface area (Å²) >= 11 is 0. The zero-order valence-electron chi connectivity index (χ0n) is 11.4. The maximum atomic E-state index is 12.0. The minimum atomic E-state index is -0.725. The molecule has 2 rings (SSSR count). The molecule has 0 aliphatic carbocycles. The van der Waals surface area contributed by atoms with Gasteiger partial charge in [-0.3, -0.25) is 4.79 Å². The van der Waals surface area contributed by atoms with Crippen LogP contribution in [0.4, 0.5) is 0 Å². The molecule has 4 nitrogen and oxygen atoms in total. The summed E-state index contributed by atoms with van der Waals surface area (Å²) in [7, 11) is 0. The zero-order chi connectivity index (χ0) is 14.0. The van der Waals surface area contributed by atoms with Crippen LogP contribution < -0.4 is 5.56 Å². The van der Waals surface area contributed by atoms with Crippen molar-refractivity contribution in [3.8, 4) is 11.3 Å². The van der Waals surface area contributed by atoms with Gasteiger partial charge in [0.1, 0.15) is 0 Å². The van der Waals surface area contributed by atoms with Gasteiger partial charge >= 0.3 is 0 Å². The lowest BCUT2D eigenvalue weighted by Crippen LogP contribution is -2.26. The molecule has 0 aliphatic heterocycles. The molecule has 1 N–H and O–H groups in total. The Morgan fingerprint density at radius 1 is 1.16 bits per heavy atom. The molecule has 1 aromatic carbocycles. The third-order valence-corrected chi connectivity index (χ3v) is 2.97. The Morgan fingerprint density at radius 3 is 2.32 bits per heavy atom. The van der Waals surface area contributed by atoms with Gasteiger partial charge < -0.3 is 5.11 Å². The number of aliphatic hydroxyl groups is 1. The third-order valence-electron chi connectivity index (χ3n) is 2.97. The quantitative estimate of drug-likeness (QED) is 0.920. The van der Waals surface area contributed by atoms with Gasteiger partial charge in [-0.05, 0) is 20.8 Å². The highest BCUT2D eigenvalue weighted by molar-refractivity contribution is 5.62. The Hall–Kier alpha value is -1.94. The summed E-state index contributed by atoms with van der Waals surface area (Å²) in [5, 5.41) is 14.2. The molecule has 0 amide bonds. The van der Waals surface area contributed by atoms with Gasteiger partial charge in [-0.25, -0.2) is 4.68 Å². The molecule has 0 saturated carbocycles. The van der Waals surface area contributed by atoms with E-state index in [-0.39, 0.29) is 11.6 Å². The van der Waals surface area contributed by atoms with Crippen molar-refractivity contribution in [2.45, 2.75) is 32.9 Å². The third kappa shape index (κ3) is 2.74. The molecule has 0 bridgehead atoms. The Labute approximate surface area is 112 Å². The van der Waals surface area contributed by atoms with Crippen LogP contribution in [0.3, 0.4) is 0 Å². The standard InChI is InChI=1S/C15H18N2O2/c1-10(2)17-14(19)9-13(11(3)18)15(16-17)12-7-5-4-6-8-12/h4-11,18H,1-3H3. The van der Waals surface area contributed by atoms with Crippen molar-refractivity contribution < 1.29 is 5.11 Å². The number of aliphatic hydroxyl groups excluding tert-OH is 1. The molecule has 0 radical (unpaired) electrons. The second-order valence-electron chi connectivity index (χ2n) is 4.87. The fraction of sp³-hybridized carbons (Fsp3) is 0.333. The van der Waals surface area contributed by atoms with E-state index in [9.17, 15) is 9.90 Å². The van der Waals surface area contributed by atoms with Crippen LogP contribution in [0.15, 0.2) is 41.2 Å². The van der Waals surface area contributed by atoms with Crippen LogP contribution in [0.5, 0.6) is 0 Å². The van der Waals surface area contributed by atoms with Crippen molar-refractivity contribution in [1.82, 2.24) is 9.78 Å². The van der Waals surface area contributed by atoms with Crippen molar-refractivity contribution in [1.29, 1.82) is 0 Å². The summed E-state index contributed by atoms with van der Waals surface area (Å²) in [4.78, 5) is 12.0. The average Bonchev–Trinajstić information content (AvgIpc) is 2.38. The highest BCUT2D eigenvalue weighted by Gasteiger charge is 2.15. The summed E-state index contributed by atoms with van der Waals surface area (Å²) in [6.07, 6.45) is -0.725. The lowest BCUT2D eigenvalue weighted by molar-refractivity contribution is 0.198. The van der Waals surface area contributed by atoms with Gasteiger partial charge in [0, 0.05) is 17.2 Å². The molecule has 0 fully saturated rings. The topological polar surface area (TPSA) is 55.1 Å². The van der Waals surface area contributed by atoms with Crippen molar-refractivity contribution in [2.24, 2.45) is 0 Å². The number of rotatable bonds is 3. The summed E-state index contributed by atoms with van der Waals surface area (Å²) in [6, 6.07) is 11.0. The maximum absolute atomic E-state index is 12.0. The minimum Gasteiger partial charge on any atom is -0.389 e. The maximum Gasteiger partial charge on any atom is 0.267 e. The lowest BCUT2D eigenvalue weighted by atomic mass is 10.0. The van der Waals surface area contributed by atoms with Gasteiger partial charge in [-0.2, -0.15) is 5.10 Å². The molecule has 100 valence electrons. The summed E-state index contributed by atoms with van der Waals surface area (Å²) in [5.74, 6) is 0. The Bertz CT molecular complexity index is 616. The molecule has 0 saturated heterocycles. The first-order valence-corrected chi connectivity index (χ1v) is 6.38. The zero-order valence-corrected chi connectivity index (χ0v) is 11.4. The van der Waals surface area contributed by atoms with E-state index in [4.69, 9.17) is 0 Å². The van der Waals surface area contributed by atoms with Gasteiger partial charge in [0.15, 0.2) is 0 Å². The van der Waals surface area contributed by atoms with E-state index < -0.39 is 6.10 Å². The summed E-state index contributed by atoms with van der Waals surface area (Å²) in [6.45, 7) is 5.46. The van der Waals surface area contributed by atoms with Gasteiger partial charge in [-0.15, -0.1) is 0 Å². The number of aromatic nitrogens is 2. The van der Waals surface area contributed by atoms with E-state index in [1.165, 1.54) is 10.7 Å². The molecule has 0 aliphatic rings. The molecule has 19 heavy (non-hydrogen) atoms. The van der Waals surface area contributed by atoms with Crippen molar-refractivity contribution in [3.05, 3.63) is 52.3 Å². The lowest BCUT2D eigenvalue weighted by Gasteiger charge is -2.15. The first-order valence-electron chi connectivity index (χ1n) is 6.38. The van der Waals surface area contributed by atoms with Crippen LogP contribution in [0, 0.1) is 0 Å². The van der Waals surface area contributed by atoms with E-state index in [0.717, 1.165) is 5.56 Å². The highest BCUT2D eigenvalue weighted by atomic mass is 16.3. The van der Waals surface area contributed by atoms with E-state index in [1.54, 1.807) is 6.92 Å². The van der Waals surface area contributed by atoms with Crippen LogP contribution in [-0.4, -0.2) is 14.9 Å². The normalized spacial score (nSPS) is 12.7. The molecular weight excluding hydrogens is 240 g/mol. The molecule has 0 spiro atoms. The van der Waals surface area contributed by atoms with E-state index in [1.807, 2.05) is 44.2 Å². The number of hydrogen-bond acceptors (Lipinski definition) is 3. The molecule has 4 heteroatoms. The van der Waals surface area contributed by atoms with Crippen LogP contribution in [0.1, 0.15) is 38.5 Å². The number of nitrogens with zero attached hydrogens (tertiary/aromatic N) is 2. The molecule has 2 aromatic rings. The fourth-order valence-electron chi connectivity index (χ4n) is 1.99. The van der Waals surface area contributed by atoms with Crippen molar-refractivity contribution in [3.63, 3.8) is 0 Å². The summed E-state index contributed by atoms with van der Waals surface area (Å²) < 4.78 is 1.44. The molecule has 1 heterocycles. The molecule has 1 unspecified atom stereocenters. The SMILES string of the molecule is CC(O)c1cc(=O)n(C(C)C)nc1-c1ccccc1. The Kier molecular flexibility index (Phi) is 3.81. The minimum absolute atomic E-state index is 0.0157. The van der Waals surface area contributed by atoms with Gasteiger partial charge in [-0.1, -0.05) is 30.3 Å². The predicted octanol–water partition coefficient (Wildman–Crippen LogP) is 2.54. The van der Waals surface area contributed by atoms with Crippen LogP contribution in [0.25, 0.3) is 11.3 Å².